The van der Waals surface area contributed by atoms with E-state index in [0.29, 0.717) is 4.67 Å². The smallest absolute Gasteiger partial charge is 0.340 e. The third-order valence-corrected chi connectivity index (χ3v) is 6.52. The van der Waals surface area contributed by atoms with Gasteiger partial charge in [0.1, 0.15) is 11.9 Å². The Morgan fingerprint density at radius 3 is 2.52 bits per heavy atom. The molecule has 25 heavy (non-hydrogen) atoms. The Morgan fingerprint density at radius 2 is 1.96 bits per heavy atom. The van der Waals surface area contributed by atoms with Gasteiger partial charge < -0.3 is 5.32 Å². The molecular weight excluding hydrogens is 378 g/mol. The van der Waals surface area contributed by atoms with Gasteiger partial charge in [0.05, 0.1) is 0 Å². The molecule has 1 saturated heterocycles. The third kappa shape index (κ3) is 5.06. The van der Waals surface area contributed by atoms with Gasteiger partial charge in [-0.1, -0.05) is 0 Å². The van der Waals surface area contributed by atoms with Crippen molar-refractivity contribution in [3.63, 3.8) is 0 Å². The Labute approximate surface area is 143 Å². The molecule has 1 heterocycles. The summed E-state index contributed by atoms with van der Waals surface area (Å²) in [5.41, 5.74) is 5.45. The van der Waals surface area contributed by atoms with E-state index in [9.17, 15) is 27.0 Å². The maximum Gasteiger partial charge on any atom is 0.341 e. The predicted molar refractivity (Wildman–Crippen MR) is 85.1 cm³/mol. The molecule has 1 aromatic carbocycles. The molecule has 10 nitrogen and oxygen atoms in total. The molecule has 0 bridgehead atoms. The van der Waals surface area contributed by atoms with Crippen LogP contribution in [0.5, 0.6) is 0 Å². The summed E-state index contributed by atoms with van der Waals surface area (Å²) in [4.78, 5) is 24.5. The van der Waals surface area contributed by atoms with Crippen molar-refractivity contribution < 1.29 is 31.5 Å². The van der Waals surface area contributed by atoms with Crippen LogP contribution < -0.4 is 15.3 Å². The van der Waals surface area contributed by atoms with Crippen LogP contribution in [-0.2, 0) is 19.7 Å². The lowest BCUT2D eigenvalue weighted by molar-refractivity contribution is -0.130. The highest BCUT2D eigenvalue weighted by Gasteiger charge is 2.40. The SMILES string of the molecule is NP(=O)(NS(=O)(=O)O)N1CCC[C@H](NC(=O)c2ccc(F)cc2)C1=O. The van der Waals surface area contributed by atoms with E-state index in [1.807, 2.05) is 0 Å². The van der Waals surface area contributed by atoms with Gasteiger partial charge >= 0.3 is 17.9 Å². The second-order valence-electron chi connectivity index (χ2n) is 5.33. The standard InChI is InChI=1S/C12H16FN4O6PS/c13-9-5-3-8(4-6-9)11(18)15-10-2-1-7-17(12(10)19)24(14,20)16-25(21,22)23/h3-6,10H,1-2,7H2,(H,15,18)(H3,14,16,20)(H,21,22,23)/t10-,24?/m0/s1. The molecule has 2 atom stereocenters. The summed E-state index contributed by atoms with van der Waals surface area (Å²) in [6.07, 6.45) is 0.503. The van der Waals surface area contributed by atoms with E-state index in [1.165, 1.54) is 16.6 Å². The first-order chi connectivity index (χ1) is 11.5. The van der Waals surface area contributed by atoms with Gasteiger partial charge in [0.15, 0.2) is 0 Å². The molecule has 13 heteroatoms. The van der Waals surface area contributed by atoms with Crippen LogP contribution in [0.25, 0.3) is 0 Å². The van der Waals surface area contributed by atoms with E-state index in [0.717, 1.165) is 12.1 Å². The quantitative estimate of drug-likeness (QED) is 0.404. The van der Waals surface area contributed by atoms with Crippen molar-refractivity contribution >= 4 is 29.7 Å². The maximum absolute atomic E-state index is 12.9. The predicted octanol–water partition coefficient (Wildman–Crippen LogP) is 0.00570. The zero-order valence-electron chi connectivity index (χ0n) is 12.8. The average molecular weight is 394 g/mol. The lowest BCUT2D eigenvalue weighted by Crippen LogP contribution is -2.53. The molecule has 1 aliphatic rings. The molecule has 0 spiro atoms. The normalized spacial score (nSPS) is 20.8. The molecule has 1 fully saturated rings. The lowest BCUT2D eigenvalue weighted by Gasteiger charge is -2.35. The Hall–Kier alpha value is -1.85. The average Bonchev–Trinajstić information content (AvgIpc) is 2.47. The zero-order chi connectivity index (χ0) is 18.8. The van der Waals surface area contributed by atoms with Gasteiger partial charge in [-0.3, -0.25) is 28.9 Å². The number of nitrogens with one attached hydrogen (secondary N) is 2. The minimum atomic E-state index is -4.90. The number of rotatable bonds is 5. The number of amides is 2. The van der Waals surface area contributed by atoms with Crippen LogP contribution in [0.1, 0.15) is 23.2 Å². The summed E-state index contributed by atoms with van der Waals surface area (Å²) in [7, 11) is -9.31. The van der Waals surface area contributed by atoms with Crippen molar-refractivity contribution in [2.45, 2.75) is 18.9 Å². The highest BCUT2D eigenvalue weighted by Crippen LogP contribution is 2.40. The number of nitrogens with two attached hydrogens (primary N) is 1. The fourth-order valence-electron chi connectivity index (χ4n) is 2.35. The van der Waals surface area contributed by atoms with Crippen molar-refractivity contribution in [2.75, 3.05) is 6.54 Å². The number of hydrogen-bond acceptors (Lipinski definition) is 5. The second-order valence-corrected chi connectivity index (χ2v) is 8.73. The van der Waals surface area contributed by atoms with E-state index in [-0.39, 0.29) is 24.9 Å². The van der Waals surface area contributed by atoms with Gasteiger partial charge in [-0.05, 0) is 37.1 Å². The van der Waals surface area contributed by atoms with Crippen molar-refractivity contribution in [1.29, 1.82) is 0 Å². The summed E-state index contributed by atoms with van der Waals surface area (Å²) in [5, 5.41) is 2.40. The molecule has 0 aromatic heterocycles. The summed E-state index contributed by atoms with van der Waals surface area (Å²) in [6, 6.07) is 3.51. The van der Waals surface area contributed by atoms with Crippen LogP contribution >= 0.6 is 7.59 Å². The van der Waals surface area contributed by atoms with Crippen molar-refractivity contribution in [1.82, 2.24) is 14.5 Å². The Balaban J connectivity index is 2.12. The fourth-order valence-corrected chi connectivity index (χ4v) is 4.93. The third-order valence-electron chi connectivity index (χ3n) is 3.43. The molecule has 1 unspecified atom stereocenters. The molecule has 0 aliphatic carbocycles. The van der Waals surface area contributed by atoms with Crippen LogP contribution in [0.3, 0.4) is 0 Å². The van der Waals surface area contributed by atoms with E-state index >= 15 is 0 Å². The molecule has 5 N–H and O–H groups in total. The van der Waals surface area contributed by atoms with Crippen LogP contribution in [0.15, 0.2) is 24.3 Å². The van der Waals surface area contributed by atoms with E-state index in [4.69, 9.17) is 10.1 Å². The number of hydrogen-bond donors (Lipinski definition) is 4. The van der Waals surface area contributed by atoms with Crippen LogP contribution in [0, 0.1) is 5.82 Å². The maximum atomic E-state index is 12.9. The Bertz CT molecular complexity index is 831. The first-order valence-corrected chi connectivity index (χ1v) is 10.2. The van der Waals surface area contributed by atoms with Crippen LogP contribution in [0.4, 0.5) is 4.39 Å². The van der Waals surface area contributed by atoms with E-state index in [2.05, 4.69) is 5.32 Å². The number of nitrogens with zero attached hydrogens (tertiary/aromatic N) is 1. The molecule has 2 amide bonds. The molecular formula is C12H16FN4O6PS. The van der Waals surface area contributed by atoms with Gasteiger partial charge in [-0.2, -0.15) is 8.42 Å². The number of benzene rings is 1. The van der Waals surface area contributed by atoms with E-state index < -0.39 is 41.6 Å². The van der Waals surface area contributed by atoms with Gasteiger partial charge in [-0.15, -0.1) is 4.49 Å². The second kappa shape index (κ2) is 7.18. The van der Waals surface area contributed by atoms with Crippen LogP contribution in [0.2, 0.25) is 0 Å². The van der Waals surface area contributed by atoms with E-state index in [1.54, 1.807) is 0 Å². The summed E-state index contributed by atoms with van der Waals surface area (Å²) in [6.45, 7) is -0.113. The molecule has 1 aliphatic heterocycles. The molecule has 138 valence electrons. The van der Waals surface area contributed by atoms with Crippen molar-refractivity contribution in [3.05, 3.63) is 35.6 Å². The van der Waals surface area contributed by atoms with Crippen molar-refractivity contribution in [2.24, 2.45) is 5.50 Å². The van der Waals surface area contributed by atoms with Crippen LogP contribution in [-0.4, -0.2) is 42.0 Å². The first kappa shape index (κ1) is 19.5. The number of halogens is 1. The highest BCUT2D eigenvalue weighted by molar-refractivity contribution is 7.90. The monoisotopic (exact) mass is 394 g/mol. The Morgan fingerprint density at radius 1 is 1.36 bits per heavy atom. The summed E-state index contributed by atoms with van der Waals surface area (Å²) >= 11 is 0. The lowest BCUT2D eigenvalue weighted by atomic mass is 10.1. The minimum absolute atomic E-state index is 0.110. The van der Waals surface area contributed by atoms with Gasteiger partial charge in [0, 0.05) is 12.1 Å². The van der Waals surface area contributed by atoms with Crippen molar-refractivity contribution in [3.8, 4) is 0 Å². The Kier molecular flexibility index (Phi) is 5.59. The highest BCUT2D eigenvalue weighted by atomic mass is 32.2. The first-order valence-electron chi connectivity index (χ1n) is 7.03. The topological polar surface area (TPSA) is 159 Å². The molecule has 2 rings (SSSR count). The molecule has 0 saturated carbocycles. The minimum Gasteiger partial charge on any atom is -0.340 e. The van der Waals surface area contributed by atoms with Gasteiger partial charge in [-0.25, -0.2) is 4.39 Å². The summed E-state index contributed by atoms with van der Waals surface area (Å²) < 4.78 is 57.4. The number of carbonyl (C=O) groups is 2. The number of carbonyl (C=O) groups excluding carboxylic acids is 2. The number of piperidine rings is 1. The van der Waals surface area contributed by atoms with Gasteiger partial charge in [0.25, 0.3) is 11.8 Å². The zero-order valence-corrected chi connectivity index (χ0v) is 14.5. The fraction of sp³-hybridized carbons (Fsp3) is 0.333. The molecule has 1 aromatic rings. The molecule has 0 radical (unpaired) electrons. The van der Waals surface area contributed by atoms with Gasteiger partial charge in [0.2, 0.25) is 0 Å². The largest absolute Gasteiger partial charge is 0.341 e. The summed E-state index contributed by atoms with van der Waals surface area (Å²) in [5.74, 6) is -2.05.